The first-order chi connectivity index (χ1) is 8.93. The summed E-state index contributed by atoms with van der Waals surface area (Å²) in [4.78, 5) is 22.8. The van der Waals surface area contributed by atoms with Gasteiger partial charge < -0.3 is 15.7 Å². The van der Waals surface area contributed by atoms with E-state index in [2.05, 4.69) is 17.6 Å². The summed E-state index contributed by atoms with van der Waals surface area (Å²) in [5.74, 6) is -0.0240. The van der Waals surface area contributed by atoms with E-state index >= 15 is 0 Å². The molecule has 0 aromatic carbocycles. The van der Waals surface area contributed by atoms with Gasteiger partial charge in [0.15, 0.2) is 0 Å². The Hall–Kier alpha value is -0.910. The number of hydrogen-bond donors (Lipinski definition) is 3. The molecule has 110 valence electrons. The van der Waals surface area contributed by atoms with Crippen LogP contribution >= 0.6 is 11.8 Å². The number of amides is 2. The summed E-state index contributed by atoms with van der Waals surface area (Å²) in [5, 5.41) is 15.1. The Balaban J connectivity index is 2.37. The fourth-order valence-corrected chi connectivity index (χ4v) is 3.48. The molecule has 0 bridgehead atoms. The van der Waals surface area contributed by atoms with Gasteiger partial charge in [-0.05, 0) is 30.9 Å². The number of aliphatic carboxylic acids is 1. The zero-order valence-corrected chi connectivity index (χ0v) is 12.6. The summed E-state index contributed by atoms with van der Waals surface area (Å²) in [5.41, 5.74) is 0. The maximum atomic E-state index is 11.8. The van der Waals surface area contributed by atoms with Crippen LogP contribution in [0.25, 0.3) is 0 Å². The summed E-state index contributed by atoms with van der Waals surface area (Å²) < 4.78 is 0. The van der Waals surface area contributed by atoms with Crippen LogP contribution in [0, 0.1) is 5.92 Å². The number of urea groups is 1. The second-order valence-corrected chi connectivity index (χ2v) is 6.84. The molecule has 1 fully saturated rings. The number of carboxylic acids is 1. The minimum Gasteiger partial charge on any atom is -0.480 e. The second kappa shape index (κ2) is 7.62. The van der Waals surface area contributed by atoms with Gasteiger partial charge in [0.05, 0.1) is 0 Å². The van der Waals surface area contributed by atoms with E-state index in [4.69, 9.17) is 5.11 Å². The second-order valence-electron chi connectivity index (χ2n) is 5.27. The highest BCUT2D eigenvalue weighted by Crippen LogP contribution is 2.29. The molecule has 6 heteroatoms. The number of carboxylic acid groups (broad SMARTS) is 1. The monoisotopic (exact) mass is 288 g/mol. The maximum absolute atomic E-state index is 11.8. The molecule has 0 spiro atoms. The lowest BCUT2D eigenvalue weighted by Crippen LogP contribution is -2.50. The Morgan fingerprint density at radius 2 is 2.05 bits per heavy atom. The smallest absolute Gasteiger partial charge is 0.326 e. The van der Waals surface area contributed by atoms with Crippen LogP contribution in [0.5, 0.6) is 0 Å². The van der Waals surface area contributed by atoms with Crippen LogP contribution in [0.3, 0.4) is 0 Å². The predicted molar refractivity (Wildman–Crippen MR) is 77.5 cm³/mol. The third-order valence-electron chi connectivity index (χ3n) is 3.34. The molecule has 3 atom stereocenters. The number of nitrogens with one attached hydrogen (secondary N) is 2. The molecule has 0 aliphatic heterocycles. The molecule has 0 aromatic heterocycles. The molecule has 0 radical (unpaired) electrons. The molecule has 1 aliphatic rings. The number of hydrogen-bond acceptors (Lipinski definition) is 3. The Bertz CT molecular complexity index is 323. The first-order valence-electron chi connectivity index (χ1n) is 6.85. The van der Waals surface area contributed by atoms with E-state index < -0.39 is 12.0 Å². The minimum atomic E-state index is -0.990. The van der Waals surface area contributed by atoms with Crippen LogP contribution in [-0.4, -0.2) is 40.2 Å². The Labute approximate surface area is 118 Å². The van der Waals surface area contributed by atoms with E-state index in [-0.39, 0.29) is 18.0 Å². The van der Waals surface area contributed by atoms with Crippen LogP contribution in [0.15, 0.2) is 0 Å². The Kier molecular flexibility index (Phi) is 6.48. The van der Waals surface area contributed by atoms with Crippen molar-refractivity contribution in [2.45, 2.75) is 57.4 Å². The number of carbonyl (C=O) groups is 2. The molecule has 3 N–H and O–H groups in total. The van der Waals surface area contributed by atoms with Gasteiger partial charge in [0.25, 0.3) is 0 Å². The molecular weight excluding hydrogens is 264 g/mol. The summed E-state index contributed by atoms with van der Waals surface area (Å²) in [6, 6.07) is -1.03. The van der Waals surface area contributed by atoms with E-state index in [9.17, 15) is 9.59 Å². The normalized spacial score (nSPS) is 24.2. The molecule has 5 nitrogen and oxygen atoms in total. The SMILES string of the molecule is CCSC1CCC(NC(=O)N[C@@H](C(=O)O)C(C)C)C1. The Morgan fingerprint density at radius 1 is 1.37 bits per heavy atom. The maximum Gasteiger partial charge on any atom is 0.326 e. The fourth-order valence-electron chi connectivity index (χ4n) is 2.34. The first kappa shape index (κ1) is 16.1. The average Bonchev–Trinajstić information content (AvgIpc) is 2.73. The van der Waals surface area contributed by atoms with Gasteiger partial charge in [0, 0.05) is 11.3 Å². The molecule has 0 aromatic rings. The van der Waals surface area contributed by atoms with Crippen molar-refractivity contribution in [2.75, 3.05) is 5.75 Å². The van der Waals surface area contributed by atoms with Gasteiger partial charge in [0.1, 0.15) is 6.04 Å². The van der Waals surface area contributed by atoms with Gasteiger partial charge >= 0.3 is 12.0 Å². The Morgan fingerprint density at radius 3 is 2.58 bits per heavy atom. The lowest BCUT2D eigenvalue weighted by atomic mass is 10.1. The van der Waals surface area contributed by atoms with Crippen LogP contribution in [0.4, 0.5) is 4.79 Å². The van der Waals surface area contributed by atoms with E-state index in [1.807, 2.05) is 11.8 Å². The van der Waals surface area contributed by atoms with E-state index in [0.29, 0.717) is 5.25 Å². The lowest BCUT2D eigenvalue weighted by Gasteiger charge is -2.20. The molecule has 19 heavy (non-hydrogen) atoms. The van der Waals surface area contributed by atoms with Crippen LogP contribution < -0.4 is 10.6 Å². The number of thioether (sulfide) groups is 1. The molecule has 1 rings (SSSR count). The highest BCUT2D eigenvalue weighted by Gasteiger charge is 2.28. The minimum absolute atomic E-state index is 0.129. The zero-order valence-electron chi connectivity index (χ0n) is 11.8. The summed E-state index contributed by atoms with van der Waals surface area (Å²) in [6.45, 7) is 5.70. The van der Waals surface area contributed by atoms with Crippen molar-refractivity contribution in [3.05, 3.63) is 0 Å². The predicted octanol–water partition coefficient (Wildman–Crippen LogP) is 2.07. The van der Waals surface area contributed by atoms with Crippen molar-refractivity contribution in [3.63, 3.8) is 0 Å². The van der Waals surface area contributed by atoms with Crippen molar-refractivity contribution in [1.29, 1.82) is 0 Å². The third kappa shape index (κ3) is 5.30. The average molecular weight is 288 g/mol. The molecule has 0 saturated heterocycles. The molecular formula is C13H24N2O3S. The lowest BCUT2D eigenvalue weighted by molar-refractivity contribution is -0.140. The summed E-state index contributed by atoms with van der Waals surface area (Å²) >= 11 is 1.93. The topological polar surface area (TPSA) is 78.4 Å². The molecule has 1 aliphatic carbocycles. The van der Waals surface area contributed by atoms with E-state index in [0.717, 1.165) is 25.0 Å². The van der Waals surface area contributed by atoms with Crippen LogP contribution in [-0.2, 0) is 4.79 Å². The van der Waals surface area contributed by atoms with Crippen LogP contribution in [0.2, 0.25) is 0 Å². The van der Waals surface area contributed by atoms with Crippen molar-refractivity contribution in [3.8, 4) is 0 Å². The number of carbonyl (C=O) groups excluding carboxylic acids is 1. The van der Waals surface area contributed by atoms with Gasteiger partial charge in [-0.15, -0.1) is 0 Å². The van der Waals surface area contributed by atoms with Gasteiger partial charge in [-0.3, -0.25) is 0 Å². The quantitative estimate of drug-likeness (QED) is 0.699. The van der Waals surface area contributed by atoms with Crippen molar-refractivity contribution in [1.82, 2.24) is 10.6 Å². The zero-order chi connectivity index (χ0) is 14.4. The highest BCUT2D eigenvalue weighted by atomic mass is 32.2. The van der Waals surface area contributed by atoms with Gasteiger partial charge in [0.2, 0.25) is 0 Å². The van der Waals surface area contributed by atoms with Gasteiger partial charge in [-0.1, -0.05) is 20.8 Å². The van der Waals surface area contributed by atoms with Crippen molar-refractivity contribution in [2.24, 2.45) is 5.92 Å². The van der Waals surface area contributed by atoms with Crippen LogP contribution in [0.1, 0.15) is 40.0 Å². The number of rotatable bonds is 6. The van der Waals surface area contributed by atoms with E-state index in [1.165, 1.54) is 0 Å². The molecule has 0 heterocycles. The van der Waals surface area contributed by atoms with Crippen molar-refractivity contribution >= 4 is 23.8 Å². The summed E-state index contributed by atoms with van der Waals surface area (Å²) in [6.07, 6.45) is 3.08. The highest BCUT2D eigenvalue weighted by molar-refractivity contribution is 7.99. The van der Waals surface area contributed by atoms with E-state index in [1.54, 1.807) is 13.8 Å². The fraction of sp³-hybridized carbons (Fsp3) is 0.846. The molecule has 2 unspecified atom stereocenters. The summed E-state index contributed by atoms with van der Waals surface area (Å²) in [7, 11) is 0. The largest absolute Gasteiger partial charge is 0.480 e. The van der Waals surface area contributed by atoms with Crippen molar-refractivity contribution < 1.29 is 14.7 Å². The molecule has 2 amide bonds. The van der Waals surface area contributed by atoms with Gasteiger partial charge in [-0.25, -0.2) is 9.59 Å². The third-order valence-corrected chi connectivity index (χ3v) is 4.57. The first-order valence-corrected chi connectivity index (χ1v) is 7.90. The standard InChI is InChI=1S/C13H24N2O3S/c1-4-19-10-6-5-9(7-10)14-13(18)15-11(8(2)3)12(16)17/h8-11H,4-7H2,1-3H3,(H,16,17)(H2,14,15,18)/t9?,10?,11-/m1/s1. The van der Waals surface area contributed by atoms with Gasteiger partial charge in [-0.2, -0.15) is 11.8 Å². The molecule has 1 saturated carbocycles.